The highest BCUT2D eigenvalue weighted by Gasteiger charge is 2.03. The molecule has 0 radical (unpaired) electrons. The Bertz CT molecular complexity index is 509. The van der Waals surface area contributed by atoms with Gasteiger partial charge in [0.2, 0.25) is 0 Å². The zero-order valence-electron chi connectivity index (χ0n) is 11.1. The van der Waals surface area contributed by atoms with Gasteiger partial charge in [-0.15, -0.1) is 0 Å². The quantitative estimate of drug-likeness (QED) is 0.711. The summed E-state index contributed by atoms with van der Waals surface area (Å²) in [6, 6.07) is 19.2. The minimum absolute atomic E-state index is 0.990. The van der Waals surface area contributed by atoms with Crippen molar-refractivity contribution in [3.05, 3.63) is 71.3 Å². The van der Waals surface area contributed by atoms with Gasteiger partial charge in [-0.25, -0.2) is 0 Å². The van der Waals surface area contributed by atoms with E-state index in [1.54, 1.807) is 0 Å². The number of hydrogen-bond donors (Lipinski definition) is 0. The van der Waals surface area contributed by atoms with Gasteiger partial charge in [-0.2, -0.15) is 0 Å². The van der Waals surface area contributed by atoms with Crippen LogP contribution in [0.4, 0.5) is 0 Å². The summed E-state index contributed by atoms with van der Waals surface area (Å²) in [6.45, 7) is 2.11. The summed E-state index contributed by atoms with van der Waals surface area (Å²) in [5.41, 5.74) is 5.07. The molecular formula is C17H19N. The van der Waals surface area contributed by atoms with E-state index in [2.05, 4.69) is 66.5 Å². The molecule has 0 amide bonds. The van der Waals surface area contributed by atoms with Gasteiger partial charge < -0.3 is 0 Å². The minimum Gasteiger partial charge on any atom is -0.292 e. The molecule has 0 aliphatic heterocycles. The maximum atomic E-state index is 4.42. The molecule has 92 valence electrons. The number of benzene rings is 2. The molecule has 0 N–H and O–H groups in total. The van der Waals surface area contributed by atoms with Crippen molar-refractivity contribution in [2.75, 3.05) is 7.05 Å². The van der Waals surface area contributed by atoms with Crippen molar-refractivity contribution in [3.63, 3.8) is 0 Å². The highest BCUT2D eigenvalue weighted by molar-refractivity contribution is 6.00. The van der Waals surface area contributed by atoms with Crippen LogP contribution in [-0.4, -0.2) is 12.8 Å². The molecule has 0 fully saturated rings. The molecule has 0 saturated carbocycles. The Morgan fingerprint density at radius 2 is 1.61 bits per heavy atom. The Kier molecular flexibility index (Phi) is 4.30. The zero-order valence-corrected chi connectivity index (χ0v) is 11.1. The molecule has 1 nitrogen and oxygen atoms in total. The number of aryl methyl sites for hydroxylation is 2. The molecule has 0 heterocycles. The Hall–Kier alpha value is -1.89. The van der Waals surface area contributed by atoms with E-state index >= 15 is 0 Å². The van der Waals surface area contributed by atoms with Gasteiger partial charge in [-0.05, 0) is 30.9 Å². The van der Waals surface area contributed by atoms with Crippen LogP contribution in [0.2, 0.25) is 0 Å². The molecule has 0 aliphatic rings. The highest BCUT2D eigenvalue weighted by Crippen LogP contribution is 2.10. The maximum absolute atomic E-state index is 4.42. The first-order valence-electron chi connectivity index (χ1n) is 6.36. The molecule has 18 heavy (non-hydrogen) atoms. The molecule has 0 aromatic heterocycles. The normalized spacial score (nSPS) is 11.6. The van der Waals surface area contributed by atoms with Crippen LogP contribution >= 0.6 is 0 Å². The minimum atomic E-state index is 0.990. The lowest BCUT2D eigenvalue weighted by molar-refractivity contribution is 1.03. The average molecular weight is 237 g/mol. The van der Waals surface area contributed by atoms with Gasteiger partial charge in [0.05, 0.1) is 0 Å². The third-order valence-corrected chi connectivity index (χ3v) is 3.15. The third-order valence-electron chi connectivity index (χ3n) is 3.15. The van der Waals surface area contributed by atoms with E-state index in [4.69, 9.17) is 0 Å². The molecule has 2 aromatic carbocycles. The lowest BCUT2D eigenvalue weighted by atomic mass is 10.0. The number of rotatable bonds is 4. The third kappa shape index (κ3) is 3.30. The topological polar surface area (TPSA) is 12.4 Å². The largest absolute Gasteiger partial charge is 0.292 e. The van der Waals surface area contributed by atoms with Crippen molar-refractivity contribution >= 4 is 5.71 Å². The van der Waals surface area contributed by atoms with Crippen LogP contribution in [0.3, 0.4) is 0 Å². The first kappa shape index (κ1) is 12.6. The van der Waals surface area contributed by atoms with Gasteiger partial charge in [0, 0.05) is 12.8 Å². The summed E-state index contributed by atoms with van der Waals surface area (Å²) in [4.78, 5) is 4.42. The Balaban J connectivity index is 2.05. The smallest absolute Gasteiger partial charge is 0.0420 e. The lowest BCUT2D eigenvalue weighted by Crippen LogP contribution is -2.03. The summed E-state index contributed by atoms with van der Waals surface area (Å²) in [5.74, 6) is 0. The lowest BCUT2D eigenvalue weighted by Gasteiger charge is -2.06. The molecule has 0 saturated heterocycles. The van der Waals surface area contributed by atoms with Gasteiger partial charge in [-0.3, -0.25) is 4.99 Å². The summed E-state index contributed by atoms with van der Waals surface area (Å²) >= 11 is 0. The van der Waals surface area contributed by atoms with E-state index in [9.17, 15) is 0 Å². The fraction of sp³-hybridized carbons (Fsp3) is 0.235. The second-order valence-corrected chi connectivity index (χ2v) is 4.52. The fourth-order valence-electron chi connectivity index (χ4n) is 2.04. The molecule has 2 rings (SSSR count). The van der Waals surface area contributed by atoms with Gasteiger partial charge in [0.15, 0.2) is 0 Å². The number of hydrogen-bond acceptors (Lipinski definition) is 1. The summed E-state index contributed by atoms with van der Waals surface area (Å²) in [7, 11) is 1.88. The molecule has 0 bridgehead atoms. The van der Waals surface area contributed by atoms with E-state index < -0.39 is 0 Å². The van der Waals surface area contributed by atoms with E-state index in [0.717, 1.165) is 12.8 Å². The van der Waals surface area contributed by atoms with E-state index in [1.807, 2.05) is 7.05 Å². The SMILES string of the molecule is CN=C(CCc1ccccc1)c1ccc(C)cc1. The van der Waals surface area contributed by atoms with Crippen molar-refractivity contribution in [2.45, 2.75) is 19.8 Å². The van der Waals surface area contributed by atoms with Crippen molar-refractivity contribution in [2.24, 2.45) is 4.99 Å². The van der Waals surface area contributed by atoms with Crippen molar-refractivity contribution in [1.29, 1.82) is 0 Å². The Morgan fingerprint density at radius 3 is 2.22 bits per heavy atom. The number of aliphatic imine (C=N–C) groups is 1. The summed E-state index contributed by atoms with van der Waals surface area (Å²) in [6.07, 6.45) is 2.03. The first-order valence-corrected chi connectivity index (χ1v) is 6.36. The molecule has 0 atom stereocenters. The van der Waals surface area contributed by atoms with Crippen LogP contribution in [0.15, 0.2) is 59.6 Å². The first-order chi connectivity index (χ1) is 8.79. The summed E-state index contributed by atoms with van der Waals surface area (Å²) < 4.78 is 0. The Labute approximate surface area is 109 Å². The molecule has 2 aromatic rings. The number of nitrogens with zero attached hydrogens (tertiary/aromatic N) is 1. The van der Waals surface area contributed by atoms with Crippen LogP contribution in [0.1, 0.15) is 23.1 Å². The Morgan fingerprint density at radius 1 is 0.944 bits per heavy atom. The highest BCUT2D eigenvalue weighted by atomic mass is 14.7. The average Bonchev–Trinajstić information content (AvgIpc) is 2.42. The van der Waals surface area contributed by atoms with Crippen LogP contribution in [0.25, 0.3) is 0 Å². The van der Waals surface area contributed by atoms with Crippen LogP contribution in [-0.2, 0) is 6.42 Å². The maximum Gasteiger partial charge on any atom is 0.0420 e. The summed E-state index contributed by atoms with van der Waals surface area (Å²) in [5, 5.41) is 0. The van der Waals surface area contributed by atoms with E-state index in [-0.39, 0.29) is 0 Å². The van der Waals surface area contributed by atoms with Crippen LogP contribution in [0, 0.1) is 6.92 Å². The van der Waals surface area contributed by atoms with Crippen molar-refractivity contribution in [3.8, 4) is 0 Å². The molecule has 0 spiro atoms. The van der Waals surface area contributed by atoms with Gasteiger partial charge in [0.1, 0.15) is 0 Å². The van der Waals surface area contributed by atoms with E-state index in [1.165, 1.54) is 22.4 Å². The van der Waals surface area contributed by atoms with Crippen molar-refractivity contribution < 1.29 is 0 Å². The van der Waals surface area contributed by atoms with E-state index in [0.29, 0.717) is 0 Å². The van der Waals surface area contributed by atoms with Crippen LogP contribution < -0.4 is 0 Å². The molecular weight excluding hydrogens is 218 g/mol. The molecule has 0 aliphatic carbocycles. The van der Waals surface area contributed by atoms with Crippen LogP contribution in [0.5, 0.6) is 0 Å². The fourth-order valence-corrected chi connectivity index (χ4v) is 2.04. The van der Waals surface area contributed by atoms with Gasteiger partial charge in [-0.1, -0.05) is 60.2 Å². The standard InChI is InChI=1S/C17H19N/c1-14-8-11-16(12-9-14)17(18-2)13-10-15-6-4-3-5-7-15/h3-9,11-12H,10,13H2,1-2H3. The van der Waals surface area contributed by atoms with Gasteiger partial charge in [0.25, 0.3) is 0 Å². The second-order valence-electron chi connectivity index (χ2n) is 4.52. The predicted molar refractivity (Wildman–Crippen MR) is 78.4 cm³/mol. The van der Waals surface area contributed by atoms with Crippen molar-refractivity contribution in [1.82, 2.24) is 0 Å². The van der Waals surface area contributed by atoms with Gasteiger partial charge >= 0.3 is 0 Å². The molecule has 1 heteroatoms. The monoisotopic (exact) mass is 237 g/mol. The predicted octanol–water partition coefficient (Wildman–Crippen LogP) is 4.05. The zero-order chi connectivity index (χ0) is 12.8. The molecule has 0 unspecified atom stereocenters. The second kappa shape index (κ2) is 6.15.